The van der Waals surface area contributed by atoms with E-state index < -0.39 is 24.2 Å². The number of piperazine rings is 1. The molecule has 0 spiro atoms. The molecule has 2 saturated heterocycles. The summed E-state index contributed by atoms with van der Waals surface area (Å²) in [5.41, 5.74) is 9.47. The fourth-order valence-corrected chi connectivity index (χ4v) is 3.77. The van der Waals surface area contributed by atoms with Gasteiger partial charge in [-0.25, -0.2) is 0 Å². The number of anilines is 1. The maximum atomic E-state index is 12.3. The number of carbonyl (C=O) groups is 1. The Balaban J connectivity index is 2.05. The van der Waals surface area contributed by atoms with E-state index in [1.165, 1.54) is 0 Å². The Bertz CT molecular complexity index is 739. The molecule has 148 valence electrons. The molecule has 1 aromatic carbocycles. The normalized spacial score (nSPS) is 22.3. The summed E-state index contributed by atoms with van der Waals surface area (Å²) in [6, 6.07) is 1.88. The molecule has 0 atom stereocenters. The van der Waals surface area contributed by atoms with Crippen molar-refractivity contribution in [1.29, 1.82) is 0 Å². The lowest BCUT2D eigenvalue weighted by atomic mass is 9.73. The number of nitrogens with two attached hydrogens (primary N) is 1. The number of likely N-dealkylation sites (N-methyl/N-ethyl adjacent to an activating group) is 1. The maximum absolute atomic E-state index is 12.3. The highest BCUT2D eigenvalue weighted by molar-refractivity contribution is 6.63. The minimum absolute atomic E-state index is 0.412. The van der Waals surface area contributed by atoms with Crippen LogP contribution >= 0.6 is 0 Å². The number of carbonyl (C=O) groups excluding carboxylic acids is 1. The van der Waals surface area contributed by atoms with Crippen molar-refractivity contribution >= 4 is 24.2 Å². The number of rotatable bonds is 3. The van der Waals surface area contributed by atoms with Crippen LogP contribution < -0.4 is 16.1 Å². The standard InChI is InChI=1S/C20H32BN3O3/c1-13-14(2)17(24-10-8-23(7)9-11-24)15(18(22)25)12-16(13)21-26-19(3,4)20(5,6)27-21/h12H,8-11H2,1-7H3,(H2,22,25). The minimum Gasteiger partial charge on any atom is -0.399 e. The van der Waals surface area contributed by atoms with Crippen LogP contribution in [0.2, 0.25) is 0 Å². The topological polar surface area (TPSA) is 68.0 Å². The summed E-state index contributed by atoms with van der Waals surface area (Å²) >= 11 is 0. The van der Waals surface area contributed by atoms with E-state index in [1.807, 2.05) is 33.8 Å². The Morgan fingerprint density at radius 2 is 1.56 bits per heavy atom. The molecule has 0 aliphatic carbocycles. The molecule has 0 aromatic heterocycles. The van der Waals surface area contributed by atoms with Gasteiger partial charge in [-0.2, -0.15) is 0 Å². The van der Waals surface area contributed by atoms with Crippen LogP contribution in [-0.4, -0.2) is 62.4 Å². The van der Waals surface area contributed by atoms with Crippen molar-refractivity contribution in [3.8, 4) is 0 Å². The average Bonchev–Trinajstić information content (AvgIpc) is 2.78. The van der Waals surface area contributed by atoms with Crippen molar-refractivity contribution in [2.45, 2.75) is 52.7 Å². The summed E-state index contributed by atoms with van der Waals surface area (Å²) < 4.78 is 12.5. The van der Waals surface area contributed by atoms with Crippen molar-refractivity contribution in [3.05, 3.63) is 22.8 Å². The molecule has 2 fully saturated rings. The summed E-state index contributed by atoms with van der Waals surface area (Å²) in [5.74, 6) is -0.412. The van der Waals surface area contributed by atoms with Gasteiger partial charge in [-0.15, -0.1) is 0 Å². The zero-order chi connectivity index (χ0) is 20.1. The summed E-state index contributed by atoms with van der Waals surface area (Å²) in [4.78, 5) is 16.9. The lowest BCUT2D eigenvalue weighted by molar-refractivity contribution is 0.00578. The first kappa shape index (κ1) is 20.2. The third kappa shape index (κ3) is 3.48. The number of primary amides is 1. The number of amides is 1. The maximum Gasteiger partial charge on any atom is 0.495 e. The smallest absolute Gasteiger partial charge is 0.399 e. The molecule has 6 nitrogen and oxygen atoms in total. The zero-order valence-corrected chi connectivity index (χ0v) is 17.7. The van der Waals surface area contributed by atoms with E-state index in [0.717, 1.165) is 48.5 Å². The van der Waals surface area contributed by atoms with E-state index >= 15 is 0 Å². The molecule has 0 radical (unpaired) electrons. The van der Waals surface area contributed by atoms with Crippen molar-refractivity contribution < 1.29 is 14.1 Å². The Hall–Kier alpha value is -1.57. The molecular weight excluding hydrogens is 341 g/mol. The van der Waals surface area contributed by atoms with Gasteiger partial charge in [0.25, 0.3) is 5.91 Å². The predicted molar refractivity (Wildman–Crippen MR) is 110 cm³/mol. The van der Waals surface area contributed by atoms with E-state index in [2.05, 4.69) is 30.7 Å². The highest BCUT2D eigenvalue weighted by Gasteiger charge is 2.52. The summed E-state index contributed by atoms with van der Waals surface area (Å²) in [5, 5.41) is 0. The van der Waals surface area contributed by atoms with Crippen LogP contribution in [0.15, 0.2) is 6.07 Å². The van der Waals surface area contributed by atoms with Gasteiger partial charge in [-0.1, -0.05) is 0 Å². The SMILES string of the molecule is Cc1c(B2OC(C)(C)C(C)(C)O2)cc(C(N)=O)c(N2CCN(C)CC2)c1C. The number of hydrogen-bond donors (Lipinski definition) is 1. The van der Waals surface area contributed by atoms with Crippen molar-refractivity contribution in [2.24, 2.45) is 5.73 Å². The highest BCUT2D eigenvalue weighted by Crippen LogP contribution is 2.37. The van der Waals surface area contributed by atoms with Gasteiger partial charge in [0.2, 0.25) is 0 Å². The van der Waals surface area contributed by atoms with Crippen LogP contribution in [0.3, 0.4) is 0 Å². The first-order valence-electron chi connectivity index (χ1n) is 9.67. The Kier molecular flexibility index (Phi) is 5.08. The van der Waals surface area contributed by atoms with Gasteiger partial charge in [0, 0.05) is 26.2 Å². The average molecular weight is 373 g/mol. The molecule has 0 saturated carbocycles. The van der Waals surface area contributed by atoms with E-state index in [4.69, 9.17) is 15.0 Å². The second kappa shape index (κ2) is 6.80. The van der Waals surface area contributed by atoms with Gasteiger partial charge in [0.1, 0.15) is 0 Å². The third-order valence-electron chi connectivity index (χ3n) is 6.50. The zero-order valence-electron chi connectivity index (χ0n) is 17.7. The van der Waals surface area contributed by atoms with E-state index in [-0.39, 0.29) is 0 Å². The lowest BCUT2D eigenvalue weighted by Crippen LogP contribution is -2.46. The molecule has 2 heterocycles. The second-order valence-corrected chi connectivity index (χ2v) is 8.85. The Morgan fingerprint density at radius 1 is 1.04 bits per heavy atom. The first-order chi connectivity index (χ1) is 12.4. The van der Waals surface area contributed by atoms with Crippen LogP contribution in [0, 0.1) is 13.8 Å². The van der Waals surface area contributed by atoms with Crippen LogP contribution in [0.4, 0.5) is 5.69 Å². The van der Waals surface area contributed by atoms with Gasteiger partial charge in [0.05, 0.1) is 22.5 Å². The fourth-order valence-electron chi connectivity index (χ4n) is 3.77. The predicted octanol–water partition coefficient (Wildman–Crippen LogP) is 1.45. The molecule has 0 unspecified atom stereocenters. The lowest BCUT2D eigenvalue weighted by Gasteiger charge is -2.36. The summed E-state index contributed by atoms with van der Waals surface area (Å²) in [6.45, 7) is 16.0. The fraction of sp³-hybridized carbons (Fsp3) is 0.650. The van der Waals surface area contributed by atoms with Crippen molar-refractivity contribution in [2.75, 3.05) is 38.1 Å². The molecule has 3 rings (SSSR count). The van der Waals surface area contributed by atoms with E-state index in [1.54, 1.807) is 0 Å². The highest BCUT2D eigenvalue weighted by atomic mass is 16.7. The second-order valence-electron chi connectivity index (χ2n) is 8.85. The molecule has 1 amide bonds. The molecule has 2 aliphatic heterocycles. The number of nitrogens with zero attached hydrogens (tertiary/aromatic N) is 2. The number of benzene rings is 1. The molecule has 2 N–H and O–H groups in total. The molecule has 0 bridgehead atoms. The van der Waals surface area contributed by atoms with Crippen LogP contribution in [-0.2, 0) is 9.31 Å². The quantitative estimate of drug-likeness (QED) is 0.813. The van der Waals surface area contributed by atoms with Gasteiger partial charge >= 0.3 is 7.12 Å². The summed E-state index contributed by atoms with van der Waals surface area (Å²) in [6.07, 6.45) is 0. The van der Waals surface area contributed by atoms with Crippen LogP contribution in [0.5, 0.6) is 0 Å². The molecular formula is C20H32BN3O3. The number of hydrogen-bond acceptors (Lipinski definition) is 5. The van der Waals surface area contributed by atoms with Crippen molar-refractivity contribution in [3.63, 3.8) is 0 Å². The van der Waals surface area contributed by atoms with Gasteiger partial charge in [-0.05, 0) is 71.2 Å². The van der Waals surface area contributed by atoms with E-state index in [9.17, 15) is 4.79 Å². The summed E-state index contributed by atoms with van der Waals surface area (Å²) in [7, 11) is 1.61. The van der Waals surface area contributed by atoms with E-state index in [0.29, 0.717) is 5.56 Å². The Labute approximate surface area is 163 Å². The van der Waals surface area contributed by atoms with Gasteiger partial charge < -0.3 is 24.8 Å². The monoisotopic (exact) mass is 373 g/mol. The molecule has 2 aliphatic rings. The Morgan fingerprint density at radius 3 is 2.04 bits per heavy atom. The molecule has 7 heteroatoms. The first-order valence-corrected chi connectivity index (χ1v) is 9.67. The minimum atomic E-state index is -0.506. The third-order valence-corrected chi connectivity index (χ3v) is 6.50. The van der Waals surface area contributed by atoms with Crippen LogP contribution in [0.25, 0.3) is 0 Å². The van der Waals surface area contributed by atoms with Crippen LogP contribution in [0.1, 0.15) is 49.2 Å². The largest absolute Gasteiger partial charge is 0.495 e. The van der Waals surface area contributed by atoms with Gasteiger partial charge in [0.15, 0.2) is 0 Å². The molecule has 1 aromatic rings. The van der Waals surface area contributed by atoms with Crippen molar-refractivity contribution in [1.82, 2.24) is 4.90 Å². The molecule has 27 heavy (non-hydrogen) atoms. The van der Waals surface area contributed by atoms with Gasteiger partial charge in [-0.3, -0.25) is 4.79 Å².